The summed E-state index contributed by atoms with van der Waals surface area (Å²) >= 11 is 0. The van der Waals surface area contributed by atoms with Gasteiger partial charge in [0.1, 0.15) is 0 Å². The number of carbonyl (C=O) groups is 4. The Bertz CT molecular complexity index is 1280. The average molecular weight is 500 g/mol. The van der Waals surface area contributed by atoms with Crippen LogP contribution in [0.3, 0.4) is 0 Å². The summed E-state index contributed by atoms with van der Waals surface area (Å²) in [6, 6.07) is 21.0. The van der Waals surface area contributed by atoms with Crippen molar-refractivity contribution in [3.63, 3.8) is 0 Å². The van der Waals surface area contributed by atoms with Gasteiger partial charge in [0, 0.05) is 62.2 Å². The standard InChI is InChI=1S/C29H29N3O5/c33-25(31-17-15-30(16-18-31)19-21-7-2-1-3-8-21)20-37-26(34)13-6-14-32-28(35)23-11-4-9-22-10-5-12-24(27(22)23)29(32)36/h1-5,7-12H,6,13-20H2. The Morgan fingerprint density at radius 3 is 2.08 bits per heavy atom. The van der Waals surface area contributed by atoms with Crippen LogP contribution in [0.5, 0.6) is 0 Å². The third-order valence-corrected chi connectivity index (χ3v) is 6.95. The monoisotopic (exact) mass is 499 g/mol. The molecule has 37 heavy (non-hydrogen) atoms. The van der Waals surface area contributed by atoms with Gasteiger partial charge in [0.2, 0.25) is 0 Å². The lowest BCUT2D eigenvalue weighted by molar-refractivity contribution is -0.152. The van der Waals surface area contributed by atoms with Crippen LogP contribution in [0.1, 0.15) is 39.1 Å². The smallest absolute Gasteiger partial charge is 0.306 e. The molecule has 3 aromatic rings. The van der Waals surface area contributed by atoms with Crippen LogP contribution in [0, 0.1) is 0 Å². The van der Waals surface area contributed by atoms with Gasteiger partial charge in [-0.15, -0.1) is 0 Å². The predicted octanol–water partition coefficient (Wildman–Crippen LogP) is 3.10. The van der Waals surface area contributed by atoms with E-state index in [1.54, 1.807) is 29.2 Å². The Balaban J connectivity index is 1.05. The third kappa shape index (κ3) is 5.39. The van der Waals surface area contributed by atoms with Gasteiger partial charge in [0.25, 0.3) is 17.7 Å². The topological polar surface area (TPSA) is 87.2 Å². The van der Waals surface area contributed by atoms with Gasteiger partial charge in [-0.3, -0.25) is 29.0 Å². The molecule has 0 N–H and O–H groups in total. The van der Waals surface area contributed by atoms with Crippen molar-refractivity contribution in [2.75, 3.05) is 39.3 Å². The van der Waals surface area contributed by atoms with Crippen molar-refractivity contribution in [1.29, 1.82) is 0 Å². The maximum Gasteiger partial charge on any atom is 0.306 e. The van der Waals surface area contributed by atoms with Crippen molar-refractivity contribution in [1.82, 2.24) is 14.7 Å². The first-order chi connectivity index (χ1) is 18.0. The van der Waals surface area contributed by atoms with E-state index in [1.807, 2.05) is 30.3 Å². The molecule has 0 aliphatic carbocycles. The summed E-state index contributed by atoms with van der Waals surface area (Å²) in [5.41, 5.74) is 2.22. The number of nitrogens with zero attached hydrogens (tertiary/aromatic N) is 3. The van der Waals surface area contributed by atoms with E-state index >= 15 is 0 Å². The van der Waals surface area contributed by atoms with Gasteiger partial charge in [-0.2, -0.15) is 0 Å². The van der Waals surface area contributed by atoms with Crippen LogP contribution >= 0.6 is 0 Å². The highest BCUT2D eigenvalue weighted by Gasteiger charge is 2.32. The first-order valence-electron chi connectivity index (χ1n) is 12.6. The number of benzene rings is 3. The van der Waals surface area contributed by atoms with Crippen LogP contribution in [0.15, 0.2) is 66.7 Å². The molecular weight excluding hydrogens is 470 g/mol. The number of hydrogen-bond donors (Lipinski definition) is 0. The number of ether oxygens (including phenoxy) is 1. The van der Waals surface area contributed by atoms with E-state index in [4.69, 9.17) is 4.74 Å². The van der Waals surface area contributed by atoms with Crippen molar-refractivity contribution in [3.8, 4) is 0 Å². The highest BCUT2D eigenvalue weighted by atomic mass is 16.5. The summed E-state index contributed by atoms with van der Waals surface area (Å²) in [6.45, 7) is 3.38. The Labute approximate surface area is 215 Å². The fourth-order valence-electron chi connectivity index (χ4n) is 4.97. The molecule has 8 heteroatoms. The lowest BCUT2D eigenvalue weighted by atomic mass is 9.94. The Morgan fingerprint density at radius 2 is 1.43 bits per heavy atom. The molecule has 0 bridgehead atoms. The number of carbonyl (C=O) groups excluding carboxylic acids is 4. The second-order valence-corrected chi connectivity index (χ2v) is 9.38. The summed E-state index contributed by atoms with van der Waals surface area (Å²) in [4.78, 5) is 55.9. The first-order valence-corrected chi connectivity index (χ1v) is 12.6. The number of esters is 1. The maximum absolute atomic E-state index is 12.9. The molecule has 1 fully saturated rings. The zero-order valence-corrected chi connectivity index (χ0v) is 20.6. The summed E-state index contributed by atoms with van der Waals surface area (Å²) in [5, 5.41) is 1.53. The number of hydrogen-bond acceptors (Lipinski definition) is 6. The maximum atomic E-state index is 12.9. The normalized spacial score (nSPS) is 15.8. The molecule has 0 spiro atoms. The van der Waals surface area contributed by atoms with E-state index < -0.39 is 5.97 Å². The van der Waals surface area contributed by atoms with E-state index in [-0.39, 0.29) is 43.7 Å². The molecule has 3 amide bonds. The molecule has 0 saturated carbocycles. The van der Waals surface area contributed by atoms with Crippen LogP contribution in [0.25, 0.3) is 10.8 Å². The number of imide groups is 1. The molecule has 3 aromatic carbocycles. The molecule has 0 aromatic heterocycles. The second-order valence-electron chi connectivity index (χ2n) is 9.38. The largest absolute Gasteiger partial charge is 0.456 e. The van der Waals surface area contributed by atoms with E-state index in [0.29, 0.717) is 29.6 Å². The Morgan fingerprint density at radius 1 is 0.784 bits per heavy atom. The van der Waals surface area contributed by atoms with E-state index in [2.05, 4.69) is 17.0 Å². The zero-order chi connectivity index (χ0) is 25.8. The molecule has 0 atom stereocenters. The lowest BCUT2D eigenvalue weighted by Crippen LogP contribution is -2.49. The molecule has 1 saturated heterocycles. The fraction of sp³-hybridized carbons (Fsp3) is 0.310. The van der Waals surface area contributed by atoms with Crippen LogP contribution in [-0.4, -0.2) is 77.7 Å². The minimum absolute atomic E-state index is 0.0149. The predicted molar refractivity (Wildman–Crippen MR) is 138 cm³/mol. The lowest BCUT2D eigenvalue weighted by Gasteiger charge is -2.34. The molecular formula is C29H29N3O5. The van der Waals surface area contributed by atoms with Gasteiger partial charge in [-0.25, -0.2) is 0 Å². The molecule has 2 aliphatic rings. The van der Waals surface area contributed by atoms with E-state index in [1.165, 1.54) is 10.5 Å². The van der Waals surface area contributed by atoms with Gasteiger partial charge in [-0.1, -0.05) is 54.6 Å². The highest BCUT2D eigenvalue weighted by molar-refractivity contribution is 6.25. The molecule has 2 aliphatic heterocycles. The van der Waals surface area contributed by atoms with Crippen molar-refractivity contribution in [3.05, 3.63) is 83.4 Å². The SMILES string of the molecule is O=C(CCCN1C(=O)c2cccc3cccc(c23)C1=O)OCC(=O)N1CCN(Cc2ccccc2)CC1. The van der Waals surface area contributed by atoms with E-state index in [0.717, 1.165) is 25.0 Å². The number of piperazine rings is 1. The number of rotatable bonds is 8. The fourth-order valence-corrected chi connectivity index (χ4v) is 4.97. The van der Waals surface area contributed by atoms with Crippen LogP contribution in [0.4, 0.5) is 0 Å². The molecule has 8 nitrogen and oxygen atoms in total. The van der Waals surface area contributed by atoms with Crippen LogP contribution in [0.2, 0.25) is 0 Å². The average Bonchev–Trinajstić information content (AvgIpc) is 2.93. The minimum atomic E-state index is -0.518. The summed E-state index contributed by atoms with van der Waals surface area (Å²) in [5.74, 6) is -1.44. The first kappa shape index (κ1) is 24.6. The molecule has 0 radical (unpaired) electrons. The zero-order valence-electron chi connectivity index (χ0n) is 20.6. The van der Waals surface area contributed by atoms with Crippen molar-refractivity contribution in [2.24, 2.45) is 0 Å². The Kier molecular flexibility index (Phi) is 7.28. The van der Waals surface area contributed by atoms with Gasteiger partial charge < -0.3 is 9.64 Å². The third-order valence-electron chi connectivity index (χ3n) is 6.95. The molecule has 0 unspecified atom stereocenters. The van der Waals surface area contributed by atoms with Gasteiger partial charge in [0.15, 0.2) is 6.61 Å². The minimum Gasteiger partial charge on any atom is -0.456 e. The summed E-state index contributed by atoms with van der Waals surface area (Å²) in [6.07, 6.45) is 0.280. The quantitative estimate of drug-likeness (QED) is 0.350. The highest BCUT2D eigenvalue weighted by Crippen LogP contribution is 2.30. The molecule has 5 rings (SSSR count). The van der Waals surface area contributed by atoms with Crippen LogP contribution in [-0.2, 0) is 20.9 Å². The van der Waals surface area contributed by atoms with Gasteiger partial charge in [-0.05, 0) is 29.5 Å². The van der Waals surface area contributed by atoms with Crippen molar-refractivity contribution < 1.29 is 23.9 Å². The van der Waals surface area contributed by atoms with Crippen LogP contribution < -0.4 is 0 Å². The van der Waals surface area contributed by atoms with Crippen molar-refractivity contribution >= 4 is 34.5 Å². The molecule has 2 heterocycles. The summed E-state index contributed by atoms with van der Waals surface area (Å²) in [7, 11) is 0. The van der Waals surface area contributed by atoms with E-state index in [9.17, 15) is 19.2 Å². The van der Waals surface area contributed by atoms with Gasteiger partial charge in [0.05, 0.1) is 0 Å². The molecule has 190 valence electrons. The number of amides is 3. The van der Waals surface area contributed by atoms with Crippen molar-refractivity contribution in [2.45, 2.75) is 19.4 Å². The Hall–Kier alpha value is -4.04. The van der Waals surface area contributed by atoms with Gasteiger partial charge >= 0.3 is 5.97 Å². The summed E-state index contributed by atoms with van der Waals surface area (Å²) < 4.78 is 5.19. The second kappa shape index (κ2) is 10.9.